The fourth-order valence-electron chi connectivity index (χ4n) is 5.20. The number of hydrogen-bond donors (Lipinski definition) is 6. The van der Waals surface area contributed by atoms with E-state index in [9.17, 15) is 44.6 Å². The molecule has 0 saturated heterocycles. The number of aliphatic hydroxyl groups is 5. The zero-order valence-electron chi connectivity index (χ0n) is 30.4. The van der Waals surface area contributed by atoms with Crippen molar-refractivity contribution in [3.8, 4) is 0 Å². The van der Waals surface area contributed by atoms with E-state index in [0.717, 1.165) is 70.6 Å². The molecule has 13 nitrogen and oxygen atoms in total. The fraction of sp³-hybridized carbons (Fsp3) is 0.730. The molecule has 0 aliphatic heterocycles. The van der Waals surface area contributed by atoms with E-state index in [4.69, 9.17) is 18.5 Å². The molecule has 0 aromatic heterocycles. The molecule has 51 heavy (non-hydrogen) atoms. The highest BCUT2D eigenvalue weighted by molar-refractivity contribution is 7.47. The lowest BCUT2D eigenvalue weighted by molar-refractivity contribution is -0.220. The van der Waals surface area contributed by atoms with E-state index in [1.54, 1.807) is 6.92 Å². The smallest absolute Gasteiger partial charge is 0.462 e. The molecule has 0 heterocycles. The number of ether oxygens (including phenoxy) is 2. The Balaban J connectivity index is 2.30. The summed E-state index contributed by atoms with van der Waals surface area (Å²) in [6.07, 6.45) is 18.2. The molecule has 1 rings (SSSR count). The first-order valence-electron chi connectivity index (χ1n) is 18.4. The predicted octanol–water partition coefficient (Wildman–Crippen LogP) is 5.27. The van der Waals surface area contributed by atoms with Crippen LogP contribution in [0.2, 0.25) is 0 Å². The van der Waals surface area contributed by atoms with Gasteiger partial charge < -0.3 is 39.9 Å². The number of unbranched alkanes of at least 4 members (excludes halogenated alkanes) is 8. The summed E-state index contributed by atoms with van der Waals surface area (Å²) in [5, 5.41) is 49.5. The molecule has 0 radical (unpaired) electrons. The summed E-state index contributed by atoms with van der Waals surface area (Å²) in [5.41, 5.74) is 0. The molecular formula is C37H63O13P. The van der Waals surface area contributed by atoms with Gasteiger partial charge >= 0.3 is 19.8 Å². The van der Waals surface area contributed by atoms with Crippen molar-refractivity contribution in [1.82, 2.24) is 0 Å². The van der Waals surface area contributed by atoms with Crippen molar-refractivity contribution in [1.29, 1.82) is 0 Å². The van der Waals surface area contributed by atoms with Gasteiger partial charge in [-0.1, -0.05) is 101 Å². The normalized spacial score (nSPS) is 24.5. The number of hydrogen-bond acceptors (Lipinski definition) is 12. The van der Waals surface area contributed by atoms with Gasteiger partial charge in [0, 0.05) is 12.8 Å². The van der Waals surface area contributed by atoms with Crippen LogP contribution in [0.1, 0.15) is 117 Å². The third-order valence-electron chi connectivity index (χ3n) is 8.15. The van der Waals surface area contributed by atoms with Crippen molar-refractivity contribution in [3.63, 3.8) is 0 Å². The molecule has 0 aromatic carbocycles. The minimum absolute atomic E-state index is 0.0835. The number of phosphoric acid groups is 1. The second-order valence-corrected chi connectivity index (χ2v) is 14.1. The summed E-state index contributed by atoms with van der Waals surface area (Å²) >= 11 is 0. The lowest BCUT2D eigenvalue weighted by atomic mass is 9.85. The minimum Gasteiger partial charge on any atom is -0.462 e. The van der Waals surface area contributed by atoms with E-state index in [0.29, 0.717) is 12.8 Å². The molecule has 0 spiro atoms. The average molecular weight is 747 g/mol. The zero-order valence-corrected chi connectivity index (χ0v) is 31.3. The number of carbonyl (C=O) groups is 2. The van der Waals surface area contributed by atoms with Gasteiger partial charge in [-0.2, -0.15) is 0 Å². The van der Waals surface area contributed by atoms with Crippen molar-refractivity contribution >= 4 is 19.8 Å². The van der Waals surface area contributed by atoms with Crippen molar-refractivity contribution in [2.24, 2.45) is 0 Å². The molecular weight excluding hydrogens is 683 g/mol. The number of rotatable bonds is 28. The first-order valence-corrected chi connectivity index (χ1v) is 19.9. The second kappa shape index (κ2) is 28.3. The molecule has 6 N–H and O–H groups in total. The minimum atomic E-state index is -5.09. The highest BCUT2D eigenvalue weighted by Crippen LogP contribution is 2.47. The van der Waals surface area contributed by atoms with E-state index in [-0.39, 0.29) is 12.8 Å². The van der Waals surface area contributed by atoms with Crippen LogP contribution in [-0.2, 0) is 32.7 Å². The summed E-state index contributed by atoms with van der Waals surface area (Å²) in [4.78, 5) is 34.6. The Bertz CT molecular complexity index is 1090. The van der Waals surface area contributed by atoms with Gasteiger partial charge in [0.15, 0.2) is 6.10 Å². The van der Waals surface area contributed by atoms with Crippen LogP contribution in [0.3, 0.4) is 0 Å². The van der Waals surface area contributed by atoms with E-state index in [2.05, 4.69) is 55.5 Å². The molecule has 6 atom stereocenters. The Morgan fingerprint density at radius 1 is 0.627 bits per heavy atom. The molecule has 294 valence electrons. The number of allylic oxidation sites excluding steroid dienone is 8. The van der Waals surface area contributed by atoms with Crippen LogP contribution in [0.25, 0.3) is 0 Å². The Hall–Kier alpha value is -2.19. The van der Waals surface area contributed by atoms with Crippen molar-refractivity contribution in [2.75, 3.05) is 13.2 Å². The van der Waals surface area contributed by atoms with Gasteiger partial charge in [0.05, 0.1) is 6.61 Å². The van der Waals surface area contributed by atoms with Gasteiger partial charge in [0.25, 0.3) is 0 Å². The Morgan fingerprint density at radius 3 is 1.67 bits per heavy atom. The summed E-state index contributed by atoms with van der Waals surface area (Å²) in [5.74, 6) is -1.18. The van der Waals surface area contributed by atoms with Gasteiger partial charge in [0.2, 0.25) is 0 Å². The third-order valence-corrected chi connectivity index (χ3v) is 9.14. The summed E-state index contributed by atoms with van der Waals surface area (Å²) in [6, 6.07) is 0. The molecule has 0 amide bonds. The van der Waals surface area contributed by atoms with Crippen LogP contribution in [-0.4, -0.2) is 98.3 Å². The summed E-state index contributed by atoms with van der Waals surface area (Å²) in [7, 11) is -5.09. The first-order chi connectivity index (χ1) is 24.4. The van der Waals surface area contributed by atoms with Gasteiger partial charge in [-0.05, 0) is 51.4 Å². The summed E-state index contributed by atoms with van der Waals surface area (Å²) in [6.45, 7) is 2.71. The van der Waals surface area contributed by atoms with Crippen molar-refractivity contribution in [3.05, 3.63) is 48.6 Å². The lowest BCUT2D eigenvalue weighted by Gasteiger charge is -2.41. The zero-order chi connectivity index (χ0) is 37.9. The highest BCUT2D eigenvalue weighted by atomic mass is 31.2. The Labute approximate surface area is 303 Å². The van der Waals surface area contributed by atoms with E-state index in [1.807, 2.05) is 0 Å². The predicted molar refractivity (Wildman–Crippen MR) is 193 cm³/mol. The SMILES string of the molecule is CC/C=C\C/C=C\C/C=C\C/C=C\CCCCCCCCCCC(=O)OC(COC(=O)CCC)COP(=O)(O)OC1C(O)C(O)C(O)C(O)C1O. The van der Waals surface area contributed by atoms with E-state index < -0.39 is 75.7 Å². The van der Waals surface area contributed by atoms with Crippen LogP contribution >= 0.6 is 7.82 Å². The molecule has 0 bridgehead atoms. The van der Waals surface area contributed by atoms with E-state index in [1.165, 1.54) is 6.42 Å². The van der Waals surface area contributed by atoms with Crippen LogP contribution in [0.5, 0.6) is 0 Å². The molecule has 0 aromatic rings. The van der Waals surface area contributed by atoms with E-state index >= 15 is 0 Å². The summed E-state index contributed by atoms with van der Waals surface area (Å²) < 4.78 is 32.7. The molecule has 1 fully saturated rings. The Morgan fingerprint density at radius 2 is 1.12 bits per heavy atom. The number of esters is 2. The molecule has 14 heteroatoms. The maximum atomic E-state index is 12.6. The second-order valence-electron chi connectivity index (χ2n) is 12.7. The fourth-order valence-corrected chi connectivity index (χ4v) is 6.17. The van der Waals surface area contributed by atoms with Crippen molar-refractivity contribution < 1.29 is 63.1 Å². The standard InChI is InChI=1S/C37H63O13P/c1-3-5-6-7-8-9-10-11-12-13-14-15-16-17-18-19-20-21-22-23-24-26-31(39)49-29(27-47-30(38)25-4-2)28-48-51(45,46)50-37-35(43)33(41)32(40)34(42)36(37)44/h5-6,8-9,11-12,14-15,29,32-37,40-44H,3-4,7,10,13,16-28H2,1-2H3,(H,45,46)/b6-5-,9-8-,12-11-,15-14-. The van der Waals surface area contributed by atoms with Crippen molar-refractivity contribution in [2.45, 2.75) is 159 Å². The lowest BCUT2D eigenvalue weighted by Crippen LogP contribution is -2.64. The molecule has 1 saturated carbocycles. The van der Waals surface area contributed by atoms with Crippen LogP contribution in [0, 0.1) is 0 Å². The Kier molecular flexibility index (Phi) is 26.0. The van der Waals surface area contributed by atoms with Gasteiger partial charge in [0.1, 0.15) is 43.2 Å². The van der Waals surface area contributed by atoms with Crippen LogP contribution in [0.15, 0.2) is 48.6 Å². The maximum absolute atomic E-state index is 12.6. The average Bonchev–Trinajstić information content (AvgIpc) is 3.10. The maximum Gasteiger partial charge on any atom is 0.472 e. The van der Waals surface area contributed by atoms with Gasteiger partial charge in [-0.3, -0.25) is 18.6 Å². The quantitative estimate of drug-likeness (QED) is 0.0261. The highest BCUT2D eigenvalue weighted by Gasteiger charge is 2.51. The largest absolute Gasteiger partial charge is 0.472 e. The number of aliphatic hydroxyl groups excluding tert-OH is 5. The molecule has 6 unspecified atom stereocenters. The first kappa shape index (κ1) is 46.8. The van der Waals surface area contributed by atoms with Gasteiger partial charge in [-0.15, -0.1) is 0 Å². The topological polar surface area (TPSA) is 210 Å². The third kappa shape index (κ3) is 21.8. The monoisotopic (exact) mass is 746 g/mol. The number of carbonyl (C=O) groups excluding carboxylic acids is 2. The van der Waals surface area contributed by atoms with Crippen LogP contribution in [0.4, 0.5) is 0 Å². The molecule has 1 aliphatic carbocycles. The molecule has 1 aliphatic rings. The number of phosphoric ester groups is 1. The van der Waals surface area contributed by atoms with Gasteiger partial charge in [-0.25, -0.2) is 4.57 Å². The van der Waals surface area contributed by atoms with Crippen LogP contribution < -0.4 is 0 Å².